The first kappa shape index (κ1) is 16.4. The minimum absolute atomic E-state index is 0.182. The van der Waals surface area contributed by atoms with Crippen molar-refractivity contribution < 1.29 is 4.79 Å². The molecule has 0 unspecified atom stereocenters. The third-order valence-corrected chi connectivity index (χ3v) is 4.54. The van der Waals surface area contributed by atoms with E-state index in [1.807, 2.05) is 0 Å². The Morgan fingerprint density at radius 2 is 1.95 bits per heavy atom. The van der Waals surface area contributed by atoms with Gasteiger partial charge in [-0.1, -0.05) is 19.3 Å². The lowest BCUT2D eigenvalue weighted by molar-refractivity contribution is -0.132. The van der Waals surface area contributed by atoms with Gasteiger partial charge in [0.05, 0.1) is 5.41 Å². The van der Waals surface area contributed by atoms with Crippen LogP contribution in [0.25, 0.3) is 0 Å². The van der Waals surface area contributed by atoms with Crippen molar-refractivity contribution in [3.05, 3.63) is 0 Å². The second kappa shape index (κ2) is 7.85. The van der Waals surface area contributed by atoms with Crippen molar-refractivity contribution in [3.63, 3.8) is 0 Å². The van der Waals surface area contributed by atoms with Gasteiger partial charge in [-0.15, -0.1) is 0 Å². The lowest BCUT2D eigenvalue weighted by atomic mass is 9.73. The number of nitrogens with one attached hydrogen (secondary N) is 1. The van der Waals surface area contributed by atoms with Crippen LogP contribution in [0.5, 0.6) is 0 Å². The summed E-state index contributed by atoms with van der Waals surface area (Å²) in [6.07, 6.45) is 6.44. The summed E-state index contributed by atoms with van der Waals surface area (Å²) in [5, 5.41) is 3.09. The second-order valence-corrected chi connectivity index (χ2v) is 6.23. The standard InChI is InChI=1S/C15H31N3O/c1-13(2)18(3)11-7-10-17-14(19)15(12-16)8-5-4-6-9-15/h13H,4-12,16H2,1-3H3,(H,17,19). The molecule has 1 aliphatic rings. The second-order valence-electron chi connectivity index (χ2n) is 6.23. The Labute approximate surface area is 118 Å². The number of carbonyl (C=O) groups is 1. The fourth-order valence-corrected chi connectivity index (χ4v) is 2.73. The zero-order valence-corrected chi connectivity index (χ0v) is 12.9. The molecular weight excluding hydrogens is 238 g/mol. The summed E-state index contributed by atoms with van der Waals surface area (Å²) < 4.78 is 0. The molecule has 0 heterocycles. The van der Waals surface area contributed by atoms with Crippen LogP contribution in [0.2, 0.25) is 0 Å². The summed E-state index contributed by atoms with van der Waals surface area (Å²) in [5.74, 6) is 0.182. The molecule has 0 aromatic heterocycles. The Morgan fingerprint density at radius 3 is 2.47 bits per heavy atom. The monoisotopic (exact) mass is 269 g/mol. The molecule has 0 aromatic carbocycles. The Kier molecular flexibility index (Phi) is 6.80. The van der Waals surface area contributed by atoms with Crippen LogP contribution in [0.1, 0.15) is 52.4 Å². The van der Waals surface area contributed by atoms with E-state index in [1.165, 1.54) is 6.42 Å². The van der Waals surface area contributed by atoms with Gasteiger partial charge in [-0.05, 0) is 46.7 Å². The Hall–Kier alpha value is -0.610. The number of nitrogens with two attached hydrogens (primary N) is 1. The normalized spacial score (nSPS) is 18.8. The summed E-state index contributed by atoms with van der Waals surface area (Å²) in [7, 11) is 2.12. The summed E-state index contributed by atoms with van der Waals surface area (Å²) in [4.78, 5) is 14.6. The highest BCUT2D eigenvalue weighted by Crippen LogP contribution is 2.35. The van der Waals surface area contributed by atoms with Crippen LogP contribution >= 0.6 is 0 Å². The SMILES string of the molecule is CC(C)N(C)CCCNC(=O)C1(CN)CCCCC1. The average molecular weight is 269 g/mol. The molecule has 1 rings (SSSR count). The third-order valence-electron chi connectivity index (χ3n) is 4.54. The van der Waals surface area contributed by atoms with Gasteiger partial charge in [0.15, 0.2) is 0 Å². The van der Waals surface area contributed by atoms with E-state index in [4.69, 9.17) is 5.73 Å². The molecule has 0 spiro atoms. The maximum atomic E-state index is 12.3. The lowest BCUT2D eigenvalue weighted by Gasteiger charge is -2.34. The van der Waals surface area contributed by atoms with Gasteiger partial charge >= 0.3 is 0 Å². The minimum Gasteiger partial charge on any atom is -0.356 e. The van der Waals surface area contributed by atoms with Gasteiger partial charge in [-0.3, -0.25) is 4.79 Å². The number of rotatable bonds is 7. The predicted octanol–water partition coefficient (Wildman–Crippen LogP) is 1.74. The molecule has 0 aromatic rings. The largest absolute Gasteiger partial charge is 0.356 e. The van der Waals surface area contributed by atoms with E-state index in [1.54, 1.807) is 0 Å². The van der Waals surface area contributed by atoms with Crippen LogP contribution in [0.4, 0.5) is 0 Å². The van der Waals surface area contributed by atoms with E-state index in [9.17, 15) is 4.79 Å². The van der Waals surface area contributed by atoms with Crippen LogP contribution in [-0.4, -0.2) is 43.5 Å². The van der Waals surface area contributed by atoms with Gasteiger partial charge in [0.25, 0.3) is 0 Å². The van der Waals surface area contributed by atoms with Crippen LogP contribution in [0.3, 0.4) is 0 Å². The zero-order valence-electron chi connectivity index (χ0n) is 12.9. The van der Waals surface area contributed by atoms with Crippen molar-refractivity contribution in [2.24, 2.45) is 11.1 Å². The Morgan fingerprint density at radius 1 is 1.32 bits per heavy atom. The quantitative estimate of drug-likeness (QED) is 0.692. The van der Waals surface area contributed by atoms with Crippen molar-refractivity contribution in [1.29, 1.82) is 0 Å². The fraction of sp³-hybridized carbons (Fsp3) is 0.933. The molecule has 0 atom stereocenters. The van der Waals surface area contributed by atoms with E-state index >= 15 is 0 Å². The van der Waals surface area contributed by atoms with Gasteiger partial charge in [-0.25, -0.2) is 0 Å². The lowest BCUT2D eigenvalue weighted by Crippen LogP contribution is -2.47. The zero-order chi connectivity index (χ0) is 14.3. The molecule has 4 heteroatoms. The molecule has 0 radical (unpaired) electrons. The molecule has 0 aliphatic heterocycles. The van der Waals surface area contributed by atoms with Crippen LogP contribution < -0.4 is 11.1 Å². The van der Waals surface area contributed by atoms with Gasteiger partial charge in [-0.2, -0.15) is 0 Å². The van der Waals surface area contributed by atoms with Crippen LogP contribution in [0.15, 0.2) is 0 Å². The number of carbonyl (C=O) groups excluding carboxylic acids is 1. The average Bonchev–Trinajstić information content (AvgIpc) is 2.43. The number of hydrogen-bond donors (Lipinski definition) is 2. The van der Waals surface area contributed by atoms with E-state index in [0.717, 1.165) is 45.2 Å². The van der Waals surface area contributed by atoms with E-state index in [2.05, 4.69) is 31.1 Å². The van der Waals surface area contributed by atoms with E-state index in [0.29, 0.717) is 12.6 Å². The Bertz CT molecular complexity index is 273. The van der Waals surface area contributed by atoms with E-state index < -0.39 is 0 Å². The molecule has 4 nitrogen and oxygen atoms in total. The molecule has 112 valence electrons. The molecule has 19 heavy (non-hydrogen) atoms. The molecular formula is C15H31N3O. The predicted molar refractivity (Wildman–Crippen MR) is 80.0 cm³/mol. The maximum Gasteiger partial charge on any atom is 0.227 e. The van der Waals surface area contributed by atoms with E-state index in [-0.39, 0.29) is 11.3 Å². The van der Waals surface area contributed by atoms with Gasteiger partial charge in [0.2, 0.25) is 5.91 Å². The first-order valence-electron chi connectivity index (χ1n) is 7.70. The first-order chi connectivity index (χ1) is 9.02. The highest BCUT2D eigenvalue weighted by molar-refractivity contribution is 5.82. The minimum atomic E-state index is -0.276. The highest BCUT2D eigenvalue weighted by Gasteiger charge is 2.37. The van der Waals surface area contributed by atoms with Crippen molar-refractivity contribution in [2.45, 2.75) is 58.4 Å². The summed E-state index contributed by atoms with van der Waals surface area (Å²) >= 11 is 0. The number of nitrogens with zero attached hydrogens (tertiary/aromatic N) is 1. The molecule has 0 bridgehead atoms. The smallest absolute Gasteiger partial charge is 0.227 e. The van der Waals surface area contributed by atoms with Crippen molar-refractivity contribution in [1.82, 2.24) is 10.2 Å². The van der Waals surface area contributed by atoms with Crippen LogP contribution in [0, 0.1) is 5.41 Å². The van der Waals surface area contributed by atoms with Crippen molar-refractivity contribution in [3.8, 4) is 0 Å². The highest BCUT2D eigenvalue weighted by atomic mass is 16.2. The maximum absolute atomic E-state index is 12.3. The molecule has 1 fully saturated rings. The number of hydrogen-bond acceptors (Lipinski definition) is 3. The van der Waals surface area contributed by atoms with Gasteiger partial charge < -0.3 is 16.0 Å². The van der Waals surface area contributed by atoms with Crippen molar-refractivity contribution in [2.75, 3.05) is 26.7 Å². The number of amides is 1. The third kappa shape index (κ3) is 4.77. The molecule has 1 amide bonds. The molecule has 1 saturated carbocycles. The molecule has 0 saturated heterocycles. The van der Waals surface area contributed by atoms with Crippen LogP contribution in [-0.2, 0) is 4.79 Å². The fourth-order valence-electron chi connectivity index (χ4n) is 2.73. The molecule has 1 aliphatic carbocycles. The molecule has 3 N–H and O–H groups in total. The van der Waals surface area contributed by atoms with Gasteiger partial charge in [0.1, 0.15) is 0 Å². The summed E-state index contributed by atoms with van der Waals surface area (Å²) in [6, 6.07) is 0.560. The van der Waals surface area contributed by atoms with Crippen molar-refractivity contribution >= 4 is 5.91 Å². The summed E-state index contributed by atoms with van der Waals surface area (Å²) in [5.41, 5.74) is 5.59. The summed E-state index contributed by atoms with van der Waals surface area (Å²) in [6.45, 7) is 6.64. The Balaban J connectivity index is 2.29. The van der Waals surface area contributed by atoms with Gasteiger partial charge in [0, 0.05) is 19.1 Å². The topological polar surface area (TPSA) is 58.4 Å². The first-order valence-corrected chi connectivity index (χ1v) is 7.70.